The van der Waals surface area contributed by atoms with E-state index in [0.717, 1.165) is 4.90 Å². The molecular weight excluding hydrogens is 385 g/mol. The van der Waals surface area contributed by atoms with Gasteiger partial charge in [-0.15, -0.1) is 0 Å². The Morgan fingerprint density at radius 2 is 1.93 bits per heavy atom. The summed E-state index contributed by atoms with van der Waals surface area (Å²) in [6.07, 6.45) is -5.82. The number of anilines is 2. The first kappa shape index (κ1) is 21.3. The first-order valence-corrected chi connectivity index (χ1v) is 8.25. The summed E-state index contributed by atoms with van der Waals surface area (Å²) in [5, 5.41) is 8.95. The highest BCUT2D eigenvalue weighted by Crippen LogP contribution is 2.30. The SMILES string of the molecule is COc1ccc(N)c(N(C(=O)CC(=O)O)C2CCN(C(=O)C(F)(F)F)CC2)n1. The number of carboxylic acid groups (broad SMARTS) is 1. The maximum Gasteiger partial charge on any atom is 0.471 e. The molecule has 0 spiro atoms. The van der Waals surface area contributed by atoms with Gasteiger partial charge in [0.15, 0.2) is 5.82 Å². The molecule has 9 nitrogen and oxygen atoms in total. The number of hydrogen-bond acceptors (Lipinski definition) is 6. The first-order chi connectivity index (χ1) is 13.0. The lowest BCUT2D eigenvalue weighted by atomic mass is 10.0. The molecule has 12 heteroatoms. The van der Waals surface area contributed by atoms with Crippen LogP contribution in [0.15, 0.2) is 12.1 Å². The van der Waals surface area contributed by atoms with Crippen molar-refractivity contribution in [1.82, 2.24) is 9.88 Å². The number of piperidine rings is 1. The second-order valence-corrected chi connectivity index (χ2v) is 6.12. The Bertz CT molecular complexity index is 763. The predicted octanol–water partition coefficient (Wildman–Crippen LogP) is 1.03. The van der Waals surface area contributed by atoms with Crippen LogP contribution in [0.5, 0.6) is 5.88 Å². The van der Waals surface area contributed by atoms with E-state index >= 15 is 0 Å². The van der Waals surface area contributed by atoms with Crippen LogP contribution in [0.2, 0.25) is 0 Å². The van der Waals surface area contributed by atoms with E-state index in [1.807, 2.05) is 0 Å². The average Bonchev–Trinajstić information content (AvgIpc) is 2.62. The van der Waals surface area contributed by atoms with Gasteiger partial charge in [-0.3, -0.25) is 19.3 Å². The number of nitrogens with zero attached hydrogens (tertiary/aromatic N) is 3. The number of likely N-dealkylation sites (tertiary alicyclic amines) is 1. The quantitative estimate of drug-likeness (QED) is 0.702. The number of aromatic nitrogens is 1. The molecule has 1 aromatic heterocycles. The zero-order chi connectivity index (χ0) is 21.1. The molecule has 2 rings (SSSR count). The molecule has 0 saturated carbocycles. The maximum atomic E-state index is 12.6. The lowest BCUT2D eigenvalue weighted by Gasteiger charge is -2.38. The Morgan fingerprint density at radius 1 is 1.32 bits per heavy atom. The van der Waals surface area contributed by atoms with Crippen LogP contribution >= 0.6 is 0 Å². The molecule has 1 fully saturated rings. The third-order valence-electron chi connectivity index (χ3n) is 4.25. The number of amides is 2. The van der Waals surface area contributed by atoms with Gasteiger partial charge in [0.05, 0.1) is 12.8 Å². The van der Waals surface area contributed by atoms with E-state index in [9.17, 15) is 27.6 Å². The molecule has 0 atom stereocenters. The predicted molar refractivity (Wildman–Crippen MR) is 90.6 cm³/mol. The number of halogens is 3. The fourth-order valence-corrected chi connectivity index (χ4v) is 2.96. The normalized spacial score (nSPS) is 15.2. The molecule has 0 radical (unpaired) electrons. The molecule has 0 aliphatic carbocycles. The molecule has 1 aliphatic heterocycles. The van der Waals surface area contributed by atoms with Gasteiger partial charge in [-0.1, -0.05) is 0 Å². The van der Waals surface area contributed by atoms with Gasteiger partial charge >= 0.3 is 18.1 Å². The van der Waals surface area contributed by atoms with E-state index in [0.29, 0.717) is 4.90 Å². The summed E-state index contributed by atoms with van der Waals surface area (Å²) in [5.41, 5.74) is 5.96. The number of alkyl halides is 3. The summed E-state index contributed by atoms with van der Waals surface area (Å²) < 4.78 is 42.8. The number of methoxy groups -OCH3 is 1. The minimum Gasteiger partial charge on any atom is -0.481 e. The van der Waals surface area contributed by atoms with Gasteiger partial charge in [-0.25, -0.2) is 0 Å². The van der Waals surface area contributed by atoms with Crippen molar-refractivity contribution in [3.8, 4) is 5.88 Å². The highest BCUT2D eigenvalue weighted by atomic mass is 19.4. The molecule has 3 N–H and O–H groups in total. The molecule has 0 aromatic carbocycles. The summed E-state index contributed by atoms with van der Waals surface area (Å²) in [6.45, 7) is -0.493. The minimum absolute atomic E-state index is 0.00547. The Morgan fingerprint density at radius 3 is 2.43 bits per heavy atom. The topological polar surface area (TPSA) is 126 Å². The molecule has 1 aliphatic rings. The highest BCUT2D eigenvalue weighted by molar-refractivity contribution is 6.04. The largest absolute Gasteiger partial charge is 0.481 e. The Hall–Kier alpha value is -3.05. The molecule has 28 heavy (non-hydrogen) atoms. The number of aliphatic carboxylic acids is 1. The molecule has 0 unspecified atom stereocenters. The van der Waals surface area contributed by atoms with Crippen LogP contribution in [0.3, 0.4) is 0 Å². The third-order valence-corrected chi connectivity index (χ3v) is 4.25. The molecule has 1 aromatic rings. The van der Waals surface area contributed by atoms with Crippen molar-refractivity contribution < 1.29 is 37.4 Å². The van der Waals surface area contributed by atoms with Crippen molar-refractivity contribution in [1.29, 1.82) is 0 Å². The standard InChI is InChI=1S/C16H19F3N4O5/c1-28-11-3-2-10(20)14(21-11)23(12(24)8-13(25)26)9-4-6-22(7-5-9)15(27)16(17,18)19/h2-3,9H,4-8,20H2,1H3,(H,25,26). The highest BCUT2D eigenvalue weighted by Gasteiger charge is 2.44. The summed E-state index contributed by atoms with van der Waals surface area (Å²) in [5.74, 6) is -4.05. The lowest BCUT2D eigenvalue weighted by Crippen LogP contribution is -2.52. The monoisotopic (exact) mass is 404 g/mol. The van der Waals surface area contributed by atoms with Crippen LogP contribution in [-0.4, -0.2) is 65.2 Å². The van der Waals surface area contributed by atoms with Gasteiger partial charge in [0.1, 0.15) is 6.42 Å². The minimum atomic E-state index is -4.98. The van der Waals surface area contributed by atoms with Gasteiger partial charge < -0.3 is 20.5 Å². The van der Waals surface area contributed by atoms with Crippen molar-refractivity contribution in [2.75, 3.05) is 30.8 Å². The lowest BCUT2D eigenvalue weighted by molar-refractivity contribution is -0.186. The number of nitrogens with two attached hydrogens (primary N) is 1. The number of pyridine rings is 1. The van der Waals surface area contributed by atoms with Crippen LogP contribution < -0.4 is 15.4 Å². The number of hydrogen-bond donors (Lipinski definition) is 2. The van der Waals surface area contributed by atoms with Crippen LogP contribution in [-0.2, 0) is 14.4 Å². The van der Waals surface area contributed by atoms with Crippen LogP contribution in [0.4, 0.5) is 24.7 Å². The van der Waals surface area contributed by atoms with E-state index < -0.39 is 36.4 Å². The smallest absolute Gasteiger partial charge is 0.471 e. The van der Waals surface area contributed by atoms with Gasteiger partial charge in [-0.2, -0.15) is 18.2 Å². The van der Waals surface area contributed by atoms with Gasteiger partial charge in [0, 0.05) is 25.2 Å². The van der Waals surface area contributed by atoms with E-state index in [-0.39, 0.29) is 43.3 Å². The Labute approximate surface area is 157 Å². The summed E-state index contributed by atoms with van der Waals surface area (Å²) >= 11 is 0. The van der Waals surface area contributed by atoms with Crippen LogP contribution in [0.1, 0.15) is 19.3 Å². The van der Waals surface area contributed by atoms with E-state index in [1.165, 1.54) is 19.2 Å². The van der Waals surface area contributed by atoms with Crippen molar-refractivity contribution in [3.05, 3.63) is 12.1 Å². The van der Waals surface area contributed by atoms with Gasteiger partial charge in [-0.05, 0) is 18.9 Å². The van der Waals surface area contributed by atoms with Crippen LogP contribution in [0.25, 0.3) is 0 Å². The molecule has 154 valence electrons. The fraction of sp³-hybridized carbons (Fsp3) is 0.500. The maximum absolute atomic E-state index is 12.6. The zero-order valence-corrected chi connectivity index (χ0v) is 14.9. The number of ether oxygens (including phenoxy) is 1. The summed E-state index contributed by atoms with van der Waals surface area (Å²) in [6, 6.07) is 2.19. The van der Waals surface area contributed by atoms with Gasteiger partial charge in [0.2, 0.25) is 11.8 Å². The number of carbonyl (C=O) groups is 3. The summed E-state index contributed by atoms with van der Waals surface area (Å²) in [7, 11) is 1.34. The average molecular weight is 404 g/mol. The van der Waals surface area contributed by atoms with Gasteiger partial charge in [0.25, 0.3) is 0 Å². The fourth-order valence-electron chi connectivity index (χ4n) is 2.96. The van der Waals surface area contributed by atoms with E-state index in [4.69, 9.17) is 15.6 Å². The molecule has 2 amide bonds. The van der Waals surface area contributed by atoms with Crippen molar-refractivity contribution in [2.24, 2.45) is 0 Å². The number of carboxylic acids is 1. The number of carbonyl (C=O) groups excluding carboxylic acids is 2. The second kappa shape index (κ2) is 8.31. The molecular formula is C16H19F3N4O5. The van der Waals surface area contributed by atoms with Crippen molar-refractivity contribution in [3.63, 3.8) is 0 Å². The zero-order valence-electron chi connectivity index (χ0n) is 14.9. The number of nitrogen functional groups attached to an aromatic ring is 1. The Balaban J connectivity index is 2.28. The molecule has 1 saturated heterocycles. The number of rotatable bonds is 5. The second-order valence-electron chi connectivity index (χ2n) is 6.12. The van der Waals surface area contributed by atoms with Crippen molar-refractivity contribution in [2.45, 2.75) is 31.5 Å². The first-order valence-electron chi connectivity index (χ1n) is 8.25. The van der Waals surface area contributed by atoms with E-state index in [1.54, 1.807) is 0 Å². The third kappa shape index (κ3) is 4.81. The molecule has 0 bridgehead atoms. The van der Waals surface area contributed by atoms with Crippen LogP contribution in [0, 0.1) is 0 Å². The van der Waals surface area contributed by atoms with E-state index in [2.05, 4.69) is 4.98 Å². The Kier molecular flexibility index (Phi) is 6.31. The summed E-state index contributed by atoms with van der Waals surface area (Å²) in [4.78, 5) is 40.7. The van der Waals surface area contributed by atoms with Crippen molar-refractivity contribution >= 4 is 29.3 Å². The molecule has 2 heterocycles.